The van der Waals surface area contributed by atoms with Crippen molar-refractivity contribution in [2.45, 2.75) is 32.7 Å². The lowest BCUT2D eigenvalue weighted by molar-refractivity contribution is -0.129. The first kappa shape index (κ1) is 19.7. The van der Waals surface area contributed by atoms with Gasteiger partial charge in [-0.3, -0.25) is 24.9 Å². The van der Waals surface area contributed by atoms with E-state index in [2.05, 4.69) is 10.3 Å². The average Bonchev–Trinajstić information content (AvgIpc) is 3.11. The zero-order valence-corrected chi connectivity index (χ0v) is 16.1. The van der Waals surface area contributed by atoms with E-state index in [-0.39, 0.29) is 17.4 Å². The summed E-state index contributed by atoms with van der Waals surface area (Å²) in [6.07, 6.45) is 2.96. The van der Waals surface area contributed by atoms with Crippen molar-refractivity contribution in [3.05, 3.63) is 57.3 Å². The van der Waals surface area contributed by atoms with Crippen molar-refractivity contribution in [1.82, 2.24) is 15.0 Å². The normalized spacial score (nSPS) is 10.8. The fraction of sp³-hybridized carbons (Fsp3) is 0.263. The second-order valence-corrected chi connectivity index (χ2v) is 7.18. The van der Waals surface area contributed by atoms with Crippen LogP contribution in [-0.4, -0.2) is 26.6 Å². The van der Waals surface area contributed by atoms with E-state index in [1.807, 2.05) is 29.0 Å². The summed E-state index contributed by atoms with van der Waals surface area (Å²) in [4.78, 5) is 40.8. The maximum atomic E-state index is 12.8. The molecular formula is C19H20N4O4S. The van der Waals surface area contributed by atoms with E-state index in [0.29, 0.717) is 29.9 Å². The maximum absolute atomic E-state index is 12.8. The Balaban J connectivity index is 1.88. The van der Waals surface area contributed by atoms with E-state index in [0.717, 1.165) is 11.2 Å². The number of fused-ring (bicyclic) bond motifs is 1. The number of hydroxylamine groups is 1. The minimum Gasteiger partial charge on any atom is -0.346 e. The van der Waals surface area contributed by atoms with Gasteiger partial charge in [-0.1, -0.05) is 12.1 Å². The number of hydrogen-bond acceptors (Lipinski definition) is 6. The quantitative estimate of drug-likeness (QED) is 0.321. The van der Waals surface area contributed by atoms with Gasteiger partial charge in [-0.2, -0.15) is 0 Å². The van der Waals surface area contributed by atoms with Crippen LogP contribution in [-0.2, 0) is 11.3 Å². The van der Waals surface area contributed by atoms with Gasteiger partial charge in [0.05, 0.1) is 11.2 Å². The summed E-state index contributed by atoms with van der Waals surface area (Å²) < 4.78 is 1.84. The highest BCUT2D eigenvalue weighted by atomic mass is 32.1. The molecular weight excluding hydrogens is 380 g/mol. The molecule has 0 radical (unpaired) electrons. The molecule has 3 aromatic rings. The van der Waals surface area contributed by atoms with Crippen LogP contribution in [0, 0.1) is 6.92 Å². The molecule has 0 aliphatic heterocycles. The Kier molecular flexibility index (Phi) is 6.17. The Hall–Kier alpha value is -3.04. The number of carbonyl (C=O) groups is 2. The van der Waals surface area contributed by atoms with E-state index in [4.69, 9.17) is 5.21 Å². The molecule has 2 heterocycles. The third kappa shape index (κ3) is 4.44. The Morgan fingerprint density at radius 3 is 2.75 bits per heavy atom. The molecule has 28 heavy (non-hydrogen) atoms. The number of para-hydroxylation sites is 1. The molecule has 0 fully saturated rings. The summed E-state index contributed by atoms with van der Waals surface area (Å²) >= 11 is 1.30. The van der Waals surface area contributed by atoms with Crippen LogP contribution in [0.5, 0.6) is 0 Å². The number of anilines is 1. The van der Waals surface area contributed by atoms with E-state index < -0.39 is 11.8 Å². The van der Waals surface area contributed by atoms with Gasteiger partial charge in [0.2, 0.25) is 11.3 Å². The van der Waals surface area contributed by atoms with Gasteiger partial charge in [0, 0.05) is 29.9 Å². The molecule has 0 bridgehead atoms. The van der Waals surface area contributed by atoms with Crippen LogP contribution in [0.15, 0.2) is 40.6 Å². The highest BCUT2D eigenvalue weighted by Gasteiger charge is 2.16. The molecule has 1 aromatic carbocycles. The number of thiazole rings is 1. The van der Waals surface area contributed by atoms with Crippen LogP contribution >= 0.6 is 11.3 Å². The number of hydrogen-bond donors (Lipinski definition) is 3. The van der Waals surface area contributed by atoms with Crippen molar-refractivity contribution in [3.63, 3.8) is 0 Å². The van der Waals surface area contributed by atoms with Crippen molar-refractivity contribution in [1.29, 1.82) is 0 Å². The van der Waals surface area contributed by atoms with Gasteiger partial charge in [0.25, 0.3) is 5.91 Å². The Bertz CT molecular complexity index is 1070. The second-order valence-electron chi connectivity index (χ2n) is 6.32. The number of unbranched alkanes of at least 4 members (excludes halogenated alkanes) is 1. The first-order valence-electron chi connectivity index (χ1n) is 8.78. The van der Waals surface area contributed by atoms with Gasteiger partial charge in [-0.15, -0.1) is 11.3 Å². The summed E-state index contributed by atoms with van der Waals surface area (Å²) in [6, 6.07) is 7.10. The van der Waals surface area contributed by atoms with Crippen molar-refractivity contribution < 1.29 is 14.8 Å². The molecule has 9 heteroatoms. The molecule has 8 nitrogen and oxygen atoms in total. The van der Waals surface area contributed by atoms with Gasteiger partial charge in [0.15, 0.2) is 5.13 Å². The average molecular weight is 400 g/mol. The molecule has 146 valence electrons. The number of amides is 2. The second kappa shape index (κ2) is 8.77. The molecule has 0 saturated heterocycles. The van der Waals surface area contributed by atoms with Gasteiger partial charge in [-0.05, 0) is 31.9 Å². The number of nitrogens with zero attached hydrogens (tertiary/aromatic N) is 2. The Morgan fingerprint density at radius 1 is 1.25 bits per heavy atom. The lowest BCUT2D eigenvalue weighted by atomic mass is 10.1. The molecule has 0 spiro atoms. The van der Waals surface area contributed by atoms with Crippen LogP contribution in [0.3, 0.4) is 0 Å². The molecule has 0 aliphatic carbocycles. The largest absolute Gasteiger partial charge is 0.346 e. The minimum atomic E-state index is -0.501. The fourth-order valence-corrected chi connectivity index (χ4v) is 3.57. The van der Waals surface area contributed by atoms with E-state index in [1.54, 1.807) is 23.8 Å². The third-order valence-electron chi connectivity index (χ3n) is 4.25. The number of benzene rings is 1. The molecule has 2 aromatic heterocycles. The Labute approximate surface area is 164 Å². The van der Waals surface area contributed by atoms with Crippen LogP contribution in [0.1, 0.15) is 35.3 Å². The standard InChI is InChI=1S/C19H20N4O4S/c1-12-11-28-19(20-12)21-18(26)14-10-23(9-5-4-8-16(24)22-27)15-7-3-2-6-13(15)17(14)25/h2-3,6-7,10-11,27H,4-5,8-9H2,1H3,(H,22,24)(H,20,21,26). The number of rotatable bonds is 7. The number of aromatic nitrogens is 2. The first-order chi connectivity index (χ1) is 13.5. The molecule has 3 rings (SSSR count). The topological polar surface area (TPSA) is 113 Å². The molecule has 0 unspecified atom stereocenters. The van der Waals surface area contributed by atoms with Crippen LogP contribution in [0.4, 0.5) is 5.13 Å². The number of nitrogens with one attached hydrogen (secondary N) is 2. The summed E-state index contributed by atoms with van der Waals surface area (Å²) in [5, 5.41) is 13.9. The summed E-state index contributed by atoms with van der Waals surface area (Å²) in [5.74, 6) is -0.943. The highest BCUT2D eigenvalue weighted by Crippen LogP contribution is 2.17. The number of pyridine rings is 1. The fourth-order valence-electron chi connectivity index (χ4n) is 2.89. The summed E-state index contributed by atoms with van der Waals surface area (Å²) in [6.45, 7) is 2.35. The van der Waals surface area contributed by atoms with E-state index >= 15 is 0 Å². The van der Waals surface area contributed by atoms with Gasteiger partial charge in [0.1, 0.15) is 5.56 Å². The SMILES string of the molecule is Cc1csc(NC(=O)c2cn(CCCCC(=O)NO)c3ccccc3c2=O)n1. The minimum absolute atomic E-state index is 0.0413. The predicted octanol–water partition coefficient (Wildman–Crippen LogP) is 2.69. The van der Waals surface area contributed by atoms with E-state index in [9.17, 15) is 14.4 Å². The van der Waals surface area contributed by atoms with Crippen molar-refractivity contribution >= 4 is 39.2 Å². The van der Waals surface area contributed by atoms with Crippen molar-refractivity contribution in [2.75, 3.05) is 5.32 Å². The first-order valence-corrected chi connectivity index (χ1v) is 9.66. The molecule has 2 amide bonds. The number of aryl methyl sites for hydroxylation is 2. The van der Waals surface area contributed by atoms with Gasteiger partial charge in [-0.25, -0.2) is 10.5 Å². The maximum Gasteiger partial charge on any atom is 0.262 e. The molecule has 0 aliphatic rings. The summed E-state index contributed by atoms with van der Waals surface area (Å²) in [7, 11) is 0. The third-order valence-corrected chi connectivity index (χ3v) is 5.12. The number of carbonyl (C=O) groups excluding carboxylic acids is 2. The lowest BCUT2D eigenvalue weighted by Crippen LogP contribution is -2.24. The van der Waals surface area contributed by atoms with Crippen LogP contribution in [0.25, 0.3) is 10.9 Å². The van der Waals surface area contributed by atoms with Crippen molar-refractivity contribution in [2.24, 2.45) is 0 Å². The monoisotopic (exact) mass is 400 g/mol. The smallest absolute Gasteiger partial charge is 0.262 e. The lowest BCUT2D eigenvalue weighted by Gasteiger charge is -2.13. The zero-order chi connectivity index (χ0) is 20.1. The van der Waals surface area contributed by atoms with Crippen LogP contribution in [0.2, 0.25) is 0 Å². The zero-order valence-electron chi connectivity index (χ0n) is 15.3. The summed E-state index contributed by atoms with van der Waals surface area (Å²) in [5.41, 5.74) is 2.83. The molecule has 0 atom stereocenters. The van der Waals surface area contributed by atoms with Gasteiger partial charge < -0.3 is 4.57 Å². The van der Waals surface area contributed by atoms with Crippen LogP contribution < -0.4 is 16.2 Å². The van der Waals surface area contributed by atoms with Gasteiger partial charge >= 0.3 is 0 Å². The Morgan fingerprint density at radius 2 is 2.04 bits per heavy atom. The highest BCUT2D eigenvalue weighted by molar-refractivity contribution is 7.13. The van der Waals surface area contributed by atoms with Crippen molar-refractivity contribution in [3.8, 4) is 0 Å². The predicted molar refractivity (Wildman–Crippen MR) is 107 cm³/mol. The van der Waals surface area contributed by atoms with E-state index in [1.165, 1.54) is 11.3 Å². The molecule has 3 N–H and O–H groups in total. The molecule has 0 saturated carbocycles.